The highest BCUT2D eigenvalue weighted by Crippen LogP contribution is 2.14. The summed E-state index contributed by atoms with van der Waals surface area (Å²) in [5.74, 6) is 0.889. The molecule has 0 bridgehead atoms. The number of unbranched alkanes of at least 4 members (excludes halogenated alkanes) is 2. The molecule has 0 aliphatic rings. The minimum Gasteiger partial charge on any atom is -0.315 e. The first-order valence-corrected chi connectivity index (χ1v) is 5.94. The smallest absolute Gasteiger partial charge is 0.00411 e. The van der Waals surface area contributed by atoms with Crippen LogP contribution < -0.4 is 5.32 Å². The summed E-state index contributed by atoms with van der Waals surface area (Å²) >= 11 is 0. The van der Waals surface area contributed by atoms with Crippen LogP contribution in [0.3, 0.4) is 0 Å². The van der Waals surface area contributed by atoms with Crippen molar-refractivity contribution in [2.24, 2.45) is 5.92 Å². The van der Waals surface area contributed by atoms with Gasteiger partial charge in [-0.15, -0.1) is 0 Å². The van der Waals surface area contributed by atoms with Gasteiger partial charge in [0.05, 0.1) is 0 Å². The molecule has 1 N–H and O–H groups in total. The zero-order valence-corrected chi connectivity index (χ0v) is 9.90. The largest absolute Gasteiger partial charge is 0.315 e. The second kappa shape index (κ2) is 8.55. The van der Waals surface area contributed by atoms with E-state index in [9.17, 15) is 0 Å². The van der Waals surface area contributed by atoms with Crippen LogP contribution in [0.1, 0.15) is 59.8 Å². The van der Waals surface area contributed by atoms with Crippen molar-refractivity contribution in [2.75, 3.05) is 6.54 Å². The molecule has 0 fully saturated rings. The van der Waals surface area contributed by atoms with E-state index in [0.29, 0.717) is 6.04 Å². The molecule has 0 aromatic rings. The third-order valence-electron chi connectivity index (χ3n) is 2.61. The first-order valence-electron chi connectivity index (χ1n) is 5.94. The zero-order chi connectivity index (χ0) is 10.1. The summed E-state index contributed by atoms with van der Waals surface area (Å²) < 4.78 is 0. The van der Waals surface area contributed by atoms with E-state index in [1.165, 1.54) is 32.1 Å². The summed E-state index contributed by atoms with van der Waals surface area (Å²) in [4.78, 5) is 0. The second-order valence-corrected chi connectivity index (χ2v) is 4.30. The van der Waals surface area contributed by atoms with E-state index < -0.39 is 0 Å². The molecule has 80 valence electrons. The molecule has 2 unspecified atom stereocenters. The molecule has 1 nitrogen and oxygen atoms in total. The van der Waals surface area contributed by atoms with Crippen LogP contribution in [-0.4, -0.2) is 12.6 Å². The Morgan fingerprint density at radius 3 is 2.31 bits per heavy atom. The minimum absolute atomic E-state index is 0.696. The number of hydrogen-bond donors (Lipinski definition) is 1. The van der Waals surface area contributed by atoms with Crippen LogP contribution in [0.25, 0.3) is 0 Å². The maximum atomic E-state index is 3.47. The van der Waals surface area contributed by atoms with Crippen molar-refractivity contribution < 1.29 is 0 Å². The molecule has 0 aromatic heterocycles. The van der Waals surface area contributed by atoms with Crippen molar-refractivity contribution in [3.05, 3.63) is 0 Å². The lowest BCUT2D eigenvalue weighted by atomic mass is 9.96. The monoisotopic (exact) mass is 185 g/mol. The SMILES string of the molecule is CCCCCC(C)CC(C)NCC. The molecule has 0 spiro atoms. The molecule has 13 heavy (non-hydrogen) atoms. The molecule has 0 amide bonds. The Labute approximate surface area is 84.3 Å². The highest BCUT2D eigenvalue weighted by atomic mass is 14.9. The van der Waals surface area contributed by atoms with E-state index in [1.54, 1.807) is 0 Å². The maximum Gasteiger partial charge on any atom is 0.00411 e. The van der Waals surface area contributed by atoms with Crippen LogP contribution in [0.2, 0.25) is 0 Å². The van der Waals surface area contributed by atoms with Crippen LogP contribution in [0, 0.1) is 5.92 Å². The predicted molar refractivity (Wildman–Crippen MR) is 61.1 cm³/mol. The molecule has 0 aliphatic heterocycles. The van der Waals surface area contributed by atoms with Crippen molar-refractivity contribution in [1.82, 2.24) is 5.32 Å². The predicted octanol–water partition coefficient (Wildman–Crippen LogP) is 3.59. The van der Waals surface area contributed by atoms with Gasteiger partial charge in [-0.3, -0.25) is 0 Å². The zero-order valence-electron chi connectivity index (χ0n) is 9.90. The standard InChI is InChI=1S/C12H27N/c1-5-7-8-9-11(3)10-12(4)13-6-2/h11-13H,5-10H2,1-4H3. The third kappa shape index (κ3) is 8.29. The van der Waals surface area contributed by atoms with Crippen molar-refractivity contribution in [2.45, 2.75) is 65.8 Å². The van der Waals surface area contributed by atoms with Gasteiger partial charge in [0.2, 0.25) is 0 Å². The molecule has 0 rings (SSSR count). The van der Waals surface area contributed by atoms with Gasteiger partial charge in [-0.1, -0.05) is 46.5 Å². The van der Waals surface area contributed by atoms with Gasteiger partial charge in [-0.2, -0.15) is 0 Å². The van der Waals surface area contributed by atoms with Gasteiger partial charge in [0, 0.05) is 6.04 Å². The normalized spacial score (nSPS) is 15.7. The molecule has 0 saturated heterocycles. The fraction of sp³-hybridized carbons (Fsp3) is 1.00. The van der Waals surface area contributed by atoms with Crippen LogP contribution in [-0.2, 0) is 0 Å². The van der Waals surface area contributed by atoms with Crippen molar-refractivity contribution in [1.29, 1.82) is 0 Å². The van der Waals surface area contributed by atoms with Gasteiger partial charge in [0.1, 0.15) is 0 Å². The molecule has 0 radical (unpaired) electrons. The molecule has 0 aromatic carbocycles. The third-order valence-corrected chi connectivity index (χ3v) is 2.61. The van der Waals surface area contributed by atoms with Crippen LogP contribution in [0.15, 0.2) is 0 Å². The lowest BCUT2D eigenvalue weighted by molar-refractivity contribution is 0.396. The average molecular weight is 185 g/mol. The molecule has 2 atom stereocenters. The Morgan fingerprint density at radius 1 is 1.08 bits per heavy atom. The molecule has 0 saturated carbocycles. The van der Waals surface area contributed by atoms with E-state index in [1.807, 2.05) is 0 Å². The number of rotatable bonds is 8. The van der Waals surface area contributed by atoms with E-state index in [2.05, 4.69) is 33.0 Å². The summed E-state index contributed by atoms with van der Waals surface area (Å²) in [7, 11) is 0. The van der Waals surface area contributed by atoms with Crippen LogP contribution >= 0.6 is 0 Å². The Hall–Kier alpha value is -0.0400. The summed E-state index contributed by atoms with van der Waals surface area (Å²) in [5.41, 5.74) is 0. The maximum absolute atomic E-state index is 3.47. The Morgan fingerprint density at radius 2 is 1.77 bits per heavy atom. The van der Waals surface area contributed by atoms with Gasteiger partial charge in [0.25, 0.3) is 0 Å². The Kier molecular flexibility index (Phi) is 8.53. The average Bonchev–Trinajstić information content (AvgIpc) is 2.05. The highest BCUT2D eigenvalue weighted by molar-refractivity contribution is 4.64. The molecule has 0 heterocycles. The van der Waals surface area contributed by atoms with Gasteiger partial charge < -0.3 is 5.32 Å². The van der Waals surface area contributed by atoms with Crippen molar-refractivity contribution in [3.63, 3.8) is 0 Å². The summed E-state index contributed by atoms with van der Waals surface area (Å²) in [6.07, 6.45) is 6.90. The summed E-state index contributed by atoms with van der Waals surface area (Å²) in [5, 5.41) is 3.47. The Balaban J connectivity index is 3.32. The van der Waals surface area contributed by atoms with Crippen LogP contribution in [0.4, 0.5) is 0 Å². The van der Waals surface area contributed by atoms with Gasteiger partial charge in [0.15, 0.2) is 0 Å². The fourth-order valence-corrected chi connectivity index (χ4v) is 1.90. The lowest BCUT2D eigenvalue weighted by Gasteiger charge is -2.17. The molecular formula is C12H27N. The molecule has 0 aliphatic carbocycles. The van der Waals surface area contributed by atoms with Gasteiger partial charge in [-0.25, -0.2) is 0 Å². The number of hydrogen-bond acceptors (Lipinski definition) is 1. The van der Waals surface area contributed by atoms with Gasteiger partial charge >= 0.3 is 0 Å². The minimum atomic E-state index is 0.696. The quantitative estimate of drug-likeness (QED) is 0.570. The van der Waals surface area contributed by atoms with E-state index in [0.717, 1.165) is 12.5 Å². The second-order valence-electron chi connectivity index (χ2n) is 4.30. The summed E-state index contributed by atoms with van der Waals surface area (Å²) in [6, 6.07) is 0.696. The Bertz CT molecular complexity index is 101. The topological polar surface area (TPSA) is 12.0 Å². The molecule has 1 heteroatoms. The van der Waals surface area contributed by atoms with E-state index in [4.69, 9.17) is 0 Å². The highest BCUT2D eigenvalue weighted by Gasteiger charge is 2.06. The first kappa shape index (κ1) is 13.0. The lowest BCUT2D eigenvalue weighted by Crippen LogP contribution is -2.27. The van der Waals surface area contributed by atoms with Crippen molar-refractivity contribution >= 4 is 0 Å². The van der Waals surface area contributed by atoms with Gasteiger partial charge in [-0.05, 0) is 25.8 Å². The van der Waals surface area contributed by atoms with E-state index in [-0.39, 0.29) is 0 Å². The van der Waals surface area contributed by atoms with Crippen molar-refractivity contribution in [3.8, 4) is 0 Å². The van der Waals surface area contributed by atoms with Crippen LogP contribution in [0.5, 0.6) is 0 Å². The fourth-order valence-electron chi connectivity index (χ4n) is 1.90. The summed E-state index contributed by atoms with van der Waals surface area (Å²) in [6.45, 7) is 10.2. The first-order chi connectivity index (χ1) is 6.20. The number of nitrogens with one attached hydrogen (secondary N) is 1. The van der Waals surface area contributed by atoms with E-state index >= 15 is 0 Å². The molecular weight excluding hydrogens is 158 g/mol.